The van der Waals surface area contributed by atoms with Crippen molar-refractivity contribution < 1.29 is 27.2 Å². The molecule has 0 bridgehead atoms. The molecule has 0 saturated carbocycles. The highest BCUT2D eigenvalue weighted by Gasteiger charge is 2.56. The van der Waals surface area contributed by atoms with Crippen molar-refractivity contribution in [3.05, 3.63) is 69.2 Å². The van der Waals surface area contributed by atoms with Crippen LogP contribution in [0.1, 0.15) is 15.9 Å². The normalized spacial score (nSPS) is 19.9. The lowest BCUT2D eigenvalue weighted by Crippen LogP contribution is -2.62. The second kappa shape index (κ2) is 9.68. The molecule has 1 aliphatic heterocycles. The highest BCUT2D eigenvalue weighted by atomic mass is 79.9. The van der Waals surface area contributed by atoms with Gasteiger partial charge in [0.2, 0.25) is 0 Å². The SMILES string of the molecule is O=C(CNC(=O)C1(F)CN(C(=O)c2ccc(Br)c(Cl)c2)CCS1(=O)=O)Cc1ccccc1. The maximum atomic E-state index is 15.6. The summed E-state index contributed by atoms with van der Waals surface area (Å²) in [6, 6.07) is 13.1. The van der Waals surface area contributed by atoms with Crippen LogP contribution in [0.2, 0.25) is 5.02 Å². The predicted molar refractivity (Wildman–Crippen MR) is 121 cm³/mol. The molecular weight excluding hydrogens is 527 g/mol. The van der Waals surface area contributed by atoms with Crippen LogP contribution in [0.5, 0.6) is 0 Å². The molecule has 1 aliphatic rings. The summed E-state index contributed by atoms with van der Waals surface area (Å²) in [7, 11) is -4.51. The molecule has 0 radical (unpaired) electrons. The number of carbonyl (C=O) groups excluding carboxylic acids is 3. The molecule has 0 aromatic heterocycles. The molecule has 2 aromatic rings. The van der Waals surface area contributed by atoms with Gasteiger partial charge in [0.15, 0.2) is 15.6 Å². The van der Waals surface area contributed by atoms with Gasteiger partial charge in [0.05, 0.1) is 23.9 Å². The standard InChI is InChI=1S/C21H19BrClFN2O5S/c22-17-7-6-15(11-18(17)23)19(28)26-8-9-32(30,31)21(24,13-26)20(29)25-12-16(27)10-14-4-2-1-3-5-14/h1-7,11H,8-10,12-13H2,(H,25,29). The maximum Gasteiger partial charge on any atom is 0.304 e. The van der Waals surface area contributed by atoms with E-state index < -0.39 is 51.3 Å². The second-order valence-electron chi connectivity index (χ2n) is 7.29. The number of amides is 2. The van der Waals surface area contributed by atoms with Crippen LogP contribution >= 0.6 is 27.5 Å². The van der Waals surface area contributed by atoms with E-state index >= 15 is 4.39 Å². The Kier molecular flexibility index (Phi) is 7.36. The minimum absolute atomic E-state index is 0.00208. The van der Waals surface area contributed by atoms with Crippen molar-refractivity contribution >= 4 is 55.0 Å². The number of nitrogens with one attached hydrogen (secondary N) is 1. The summed E-state index contributed by atoms with van der Waals surface area (Å²) in [6.07, 6.45) is 0.00208. The zero-order chi connectivity index (χ0) is 23.5. The first-order valence-corrected chi connectivity index (χ1v) is 12.4. The van der Waals surface area contributed by atoms with Crippen LogP contribution in [0, 0.1) is 0 Å². The van der Waals surface area contributed by atoms with Crippen LogP contribution in [0.15, 0.2) is 53.0 Å². The van der Waals surface area contributed by atoms with Gasteiger partial charge < -0.3 is 10.2 Å². The van der Waals surface area contributed by atoms with E-state index in [1.165, 1.54) is 18.2 Å². The molecule has 2 amide bonds. The summed E-state index contributed by atoms with van der Waals surface area (Å²) < 4.78 is 40.9. The van der Waals surface area contributed by atoms with Crippen molar-refractivity contribution in [2.75, 3.05) is 25.4 Å². The van der Waals surface area contributed by atoms with Crippen molar-refractivity contribution in [1.29, 1.82) is 0 Å². The predicted octanol–water partition coefficient (Wildman–Crippen LogP) is 2.57. The Morgan fingerprint density at radius 1 is 1.16 bits per heavy atom. The van der Waals surface area contributed by atoms with Crippen molar-refractivity contribution in [1.82, 2.24) is 10.2 Å². The number of halogens is 3. The fourth-order valence-corrected chi connectivity index (χ4v) is 5.13. The molecule has 1 fully saturated rings. The summed E-state index contributed by atoms with van der Waals surface area (Å²) in [5, 5.41) is -1.04. The summed E-state index contributed by atoms with van der Waals surface area (Å²) in [5.41, 5.74) is 0.829. The molecule has 0 spiro atoms. The largest absolute Gasteiger partial charge is 0.345 e. The zero-order valence-corrected chi connectivity index (χ0v) is 19.8. The minimum atomic E-state index is -4.51. The number of rotatable bonds is 6. The summed E-state index contributed by atoms with van der Waals surface area (Å²) in [6.45, 7) is -1.80. The van der Waals surface area contributed by atoms with E-state index in [1.807, 2.05) is 0 Å². The fraction of sp³-hybridized carbons (Fsp3) is 0.286. The Labute approximate surface area is 198 Å². The first kappa shape index (κ1) is 24.3. The van der Waals surface area contributed by atoms with E-state index in [0.717, 1.165) is 4.90 Å². The molecule has 170 valence electrons. The molecule has 32 heavy (non-hydrogen) atoms. The second-order valence-corrected chi connectivity index (χ2v) is 10.8. The van der Waals surface area contributed by atoms with Gasteiger partial charge in [-0.2, -0.15) is 0 Å². The Morgan fingerprint density at radius 2 is 1.84 bits per heavy atom. The van der Waals surface area contributed by atoms with Gasteiger partial charge in [0.1, 0.15) is 0 Å². The van der Waals surface area contributed by atoms with Crippen LogP contribution in [0.4, 0.5) is 4.39 Å². The van der Waals surface area contributed by atoms with E-state index in [2.05, 4.69) is 21.2 Å². The lowest BCUT2D eigenvalue weighted by molar-refractivity contribution is -0.131. The Balaban J connectivity index is 1.71. The number of hydrogen-bond donors (Lipinski definition) is 1. The van der Waals surface area contributed by atoms with Crippen LogP contribution < -0.4 is 5.32 Å². The smallest absolute Gasteiger partial charge is 0.304 e. The van der Waals surface area contributed by atoms with Crippen LogP contribution in [0.3, 0.4) is 0 Å². The Bertz CT molecular complexity index is 1160. The van der Waals surface area contributed by atoms with Crippen LogP contribution in [-0.4, -0.2) is 61.3 Å². The molecule has 1 N–H and O–H groups in total. The number of sulfone groups is 1. The third-order valence-corrected chi connectivity index (χ3v) is 8.25. The quantitative estimate of drug-likeness (QED) is 0.601. The van der Waals surface area contributed by atoms with Gasteiger partial charge >= 0.3 is 5.00 Å². The van der Waals surface area contributed by atoms with E-state index in [0.29, 0.717) is 10.0 Å². The Hall–Kier alpha value is -2.30. The summed E-state index contributed by atoms with van der Waals surface area (Å²) in [5.74, 6) is -3.28. The first-order valence-electron chi connectivity index (χ1n) is 9.53. The summed E-state index contributed by atoms with van der Waals surface area (Å²) in [4.78, 5) is 38.3. The van der Waals surface area contributed by atoms with E-state index in [9.17, 15) is 22.8 Å². The Morgan fingerprint density at radius 3 is 2.50 bits per heavy atom. The van der Waals surface area contributed by atoms with Gasteiger partial charge in [-0.3, -0.25) is 14.4 Å². The van der Waals surface area contributed by atoms with Crippen LogP contribution in [-0.2, 0) is 25.8 Å². The third-order valence-electron chi connectivity index (χ3n) is 5.00. The first-order chi connectivity index (χ1) is 15.0. The van der Waals surface area contributed by atoms with Crippen molar-refractivity contribution in [2.24, 2.45) is 0 Å². The molecule has 7 nitrogen and oxygen atoms in total. The topological polar surface area (TPSA) is 101 Å². The van der Waals surface area contributed by atoms with E-state index in [-0.39, 0.29) is 23.6 Å². The molecule has 1 unspecified atom stereocenters. The van der Waals surface area contributed by atoms with Gasteiger partial charge in [-0.15, -0.1) is 0 Å². The van der Waals surface area contributed by atoms with Crippen molar-refractivity contribution in [3.63, 3.8) is 0 Å². The maximum absolute atomic E-state index is 15.6. The molecule has 11 heteroatoms. The molecule has 3 rings (SSSR count). The molecule has 1 heterocycles. The molecule has 1 saturated heterocycles. The highest BCUT2D eigenvalue weighted by Crippen LogP contribution is 2.29. The van der Waals surface area contributed by atoms with E-state index in [1.54, 1.807) is 30.3 Å². The number of Topliss-reactive ketones (excluding diaryl/α,β-unsaturated/α-hetero) is 1. The third kappa shape index (κ3) is 5.19. The fourth-order valence-electron chi connectivity index (χ4n) is 3.21. The average molecular weight is 546 g/mol. The lowest BCUT2D eigenvalue weighted by Gasteiger charge is -2.35. The monoisotopic (exact) mass is 544 g/mol. The number of carbonyl (C=O) groups is 3. The van der Waals surface area contributed by atoms with Gasteiger partial charge in [-0.1, -0.05) is 41.9 Å². The molecule has 2 aromatic carbocycles. The van der Waals surface area contributed by atoms with Crippen molar-refractivity contribution in [3.8, 4) is 0 Å². The van der Waals surface area contributed by atoms with Gasteiger partial charge in [0.25, 0.3) is 11.8 Å². The van der Waals surface area contributed by atoms with E-state index in [4.69, 9.17) is 11.6 Å². The van der Waals surface area contributed by atoms with Crippen molar-refractivity contribution in [2.45, 2.75) is 11.4 Å². The van der Waals surface area contributed by atoms with Gasteiger partial charge in [-0.05, 0) is 39.7 Å². The lowest BCUT2D eigenvalue weighted by atomic mass is 10.1. The molecule has 1 atom stereocenters. The van der Waals surface area contributed by atoms with Gasteiger partial charge in [-0.25, -0.2) is 12.8 Å². The van der Waals surface area contributed by atoms with Crippen LogP contribution in [0.25, 0.3) is 0 Å². The van der Waals surface area contributed by atoms with Gasteiger partial charge in [0, 0.05) is 23.0 Å². The average Bonchev–Trinajstić information content (AvgIpc) is 2.76. The zero-order valence-electron chi connectivity index (χ0n) is 16.7. The molecular formula is C21H19BrClFN2O5S. The minimum Gasteiger partial charge on any atom is -0.345 e. The number of alkyl halides is 1. The summed E-state index contributed by atoms with van der Waals surface area (Å²) >= 11 is 9.19. The molecule has 0 aliphatic carbocycles. The number of ketones is 1. The number of hydrogen-bond acceptors (Lipinski definition) is 5. The number of nitrogens with zero attached hydrogens (tertiary/aromatic N) is 1. The number of benzene rings is 2. The highest BCUT2D eigenvalue weighted by molar-refractivity contribution is 9.10.